The van der Waals surface area contributed by atoms with Gasteiger partial charge < -0.3 is 10.6 Å². The van der Waals surface area contributed by atoms with E-state index in [1.54, 1.807) is 12.3 Å². The predicted molar refractivity (Wildman–Crippen MR) is 116 cm³/mol. The fourth-order valence-electron chi connectivity index (χ4n) is 4.78. The Morgan fingerprint density at radius 1 is 1.26 bits per heavy atom. The van der Waals surface area contributed by atoms with E-state index in [4.69, 9.17) is 0 Å². The molecular weight excluding hydrogens is 392 g/mol. The maximum atomic E-state index is 12.9. The zero-order valence-electron chi connectivity index (χ0n) is 18.2. The first-order chi connectivity index (χ1) is 14.8. The van der Waals surface area contributed by atoms with Gasteiger partial charge in [0.15, 0.2) is 0 Å². The molecule has 2 N–H and O–H groups in total. The smallest absolute Gasteiger partial charge is 0.228 e. The van der Waals surface area contributed by atoms with Gasteiger partial charge in [-0.2, -0.15) is 10.4 Å². The second-order valence-corrected chi connectivity index (χ2v) is 9.48. The third-order valence-electron chi connectivity index (χ3n) is 6.19. The van der Waals surface area contributed by atoms with Gasteiger partial charge in [0.05, 0.1) is 11.8 Å². The summed E-state index contributed by atoms with van der Waals surface area (Å²) in [7, 11) is 0. The number of fused-ring (bicyclic) bond motifs is 1. The molecule has 2 aliphatic rings. The Bertz CT molecular complexity index is 1060. The molecule has 8 nitrogen and oxygen atoms in total. The summed E-state index contributed by atoms with van der Waals surface area (Å²) in [6.07, 6.45) is 7.39. The Kier molecular flexibility index (Phi) is 5.52. The third-order valence-corrected chi connectivity index (χ3v) is 6.19. The van der Waals surface area contributed by atoms with E-state index in [0.29, 0.717) is 17.8 Å². The van der Waals surface area contributed by atoms with Crippen LogP contribution in [0.2, 0.25) is 0 Å². The highest BCUT2D eigenvalue weighted by Crippen LogP contribution is 2.38. The lowest BCUT2D eigenvalue weighted by Crippen LogP contribution is -2.40. The van der Waals surface area contributed by atoms with Gasteiger partial charge in [-0.15, -0.1) is 0 Å². The van der Waals surface area contributed by atoms with Crippen LogP contribution in [0.3, 0.4) is 0 Å². The van der Waals surface area contributed by atoms with E-state index in [1.165, 1.54) is 13.1 Å². The molecule has 1 fully saturated rings. The normalized spacial score (nSPS) is 21.7. The maximum absolute atomic E-state index is 12.9. The molecule has 0 saturated heterocycles. The van der Waals surface area contributed by atoms with Crippen LogP contribution in [0.1, 0.15) is 57.7 Å². The van der Waals surface area contributed by atoms with Crippen molar-refractivity contribution in [2.24, 2.45) is 11.3 Å². The number of carbonyl (C=O) groups excluding carboxylic acids is 2. The highest BCUT2D eigenvalue weighted by molar-refractivity contribution is 5.92. The first-order valence-electron chi connectivity index (χ1n) is 10.8. The summed E-state index contributed by atoms with van der Waals surface area (Å²) in [5.74, 6) is 0.0893. The van der Waals surface area contributed by atoms with Crippen LogP contribution in [0.4, 0.5) is 5.82 Å². The minimum absolute atomic E-state index is 0.0323. The zero-order valence-corrected chi connectivity index (χ0v) is 18.2. The maximum Gasteiger partial charge on any atom is 0.228 e. The van der Waals surface area contributed by atoms with Gasteiger partial charge in [0.1, 0.15) is 11.9 Å². The molecule has 31 heavy (non-hydrogen) atoms. The van der Waals surface area contributed by atoms with Crippen LogP contribution < -0.4 is 10.6 Å². The first-order valence-corrected chi connectivity index (χ1v) is 10.8. The molecule has 162 valence electrons. The van der Waals surface area contributed by atoms with Gasteiger partial charge in [0, 0.05) is 48.4 Å². The van der Waals surface area contributed by atoms with Crippen molar-refractivity contribution in [2.75, 3.05) is 5.32 Å². The van der Waals surface area contributed by atoms with Crippen LogP contribution in [0.25, 0.3) is 11.1 Å². The Hall–Kier alpha value is -3.21. The number of hydrogen-bond acceptors (Lipinski definition) is 5. The molecule has 1 saturated carbocycles. The molecule has 0 bridgehead atoms. The van der Waals surface area contributed by atoms with E-state index < -0.39 is 0 Å². The predicted octanol–water partition coefficient (Wildman–Crippen LogP) is 3.03. The molecule has 4 rings (SSSR count). The molecule has 0 radical (unpaired) electrons. The number of nitrogens with zero attached hydrogens (tertiary/aromatic N) is 4. The van der Waals surface area contributed by atoms with Gasteiger partial charge in [-0.05, 0) is 37.2 Å². The Labute approximate surface area is 182 Å². The third kappa shape index (κ3) is 4.46. The molecule has 2 aromatic heterocycles. The number of nitriles is 1. The lowest BCUT2D eigenvalue weighted by Gasteiger charge is -2.28. The van der Waals surface area contributed by atoms with Gasteiger partial charge in [0.25, 0.3) is 0 Å². The van der Waals surface area contributed by atoms with Gasteiger partial charge >= 0.3 is 0 Å². The Balaban J connectivity index is 1.55. The molecule has 1 aliphatic carbocycles. The lowest BCUT2D eigenvalue weighted by atomic mass is 9.85. The Morgan fingerprint density at radius 2 is 2.06 bits per heavy atom. The lowest BCUT2D eigenvalue weighted by molar-refractivity contribution is -0.123. The van der Waals surface area contributed by atoms with Crippen LogP contribution in [-0.4, -0.2) is 32.6 Å². The highest BCUT2D eigenvalue weighted by atomic mass is 16.2. The van der Waals surface area contributed by atoms with Gasteiger partial charge in [-0.3, -0.25) is 14.3 Å². The average molecular weight is 421 g/mol. The standard InChI is InChI=1S/C23H28N6O2/c1-14(30)27-17-6-4-5-15(7-17)22(31)28-21-8-18(16(10-24)11-25-21)19-12-26-29-13-23(2,3)9-20(19)29/h8,11-12,15,17H,4-7,9,13H2,1-3H3,(H,27,30)(H,25,28,31). The fraction of sp³-hybridized carbons (Fsp3) is 0.522. The Morgan fingerprint density at radius 3 is 2.81 bits per heavy atom. The SMILES string of the molecule is CC(=O)NC1CCCC(C(=O)Nc2cc(-c3cnn4c3CC(C)(C)C4)c(C#N)cn2)C1. The molecule has 2 atom stereocenters. The highest BCUT2D eigenvalue weighted by Gasteiger charge is 2.32. The number of nitrogens with one attached hydrogen (secondary N) is 2. The zero-order chi connectivity index (χ0) is 22.2. The van der Waals surface area contributed by atoms with E-state index in [9.17, 15) is 14.9 Å². The van der Waals surface area contributed by atoms with Crippen molar-refractivity contribution in [3.8, 4) is 17.2 Å². The number of carbonyl (C=O) groups is 2. The minimum atomic E-state index is -0.173. The second-order valence-electron chi connectivity index (χ2n) is 9.48. The van der Waals surface area contributed by atoms with Crippen LogP contribution in [0.15, 0.2) is 18.5 Å². The van der Waals surface area contributed by atoms with Gasteiger partial charge in [-0.25, -0.2) is 4.98 Å². The fourth-order valence-corrected chi connectivity index (χ4v) is 4.78. The van der Waals surface area contributed by atoms with Crippen molar-refractivity contribution in [1.29, 1.82) is 5.26 Å². The van der Waals surface area contributed by atoms with Crippen molar-refractivity contribution in [1.82, 2.24) is 20.1 Å². The number of aromatic nitrogens is 3. The molecule has 0 aromatic carbocycles. The molecule has 2 amide bonds. The topological polar surface area (TPSA) is 113 Å². The van der Waals surface area contributed by atoms with E-state index in [2.05, 4.69) is 40.6 Å². The summed E-state index contributed by atoms with van der Waals surface area (Å²) in [6.45, 7) is 6.75. The van der Waals surface area contributed by atoms with Crippen molar-refractivity contribution in [2.45, 2.75) is 65.5 Å². The molecule has 0 spiro atoms. The van der Waals surface area contributed by atoms with Crippen molar-refractivity contribution < 1.29 is 9.59 Å². The number of amides is 2. The van der Waals surface area contributed by atoms with Crippen LogP contribution in [0.5, 0.6) is 0 Å². The molecule has 2 unspecified atom stereocenters. The summed E-state index contributed by atoms with van der Waals surface area (Å²) in [6, 6.07) is 4.02. The van der Waals surface area contributed by atoms with Crippen molar-refractivity contribution >= 4 is 17.6 Å². The van der Waals surface area contributed by atoms with E-state index in [0.717, 1.165) is 49.0 Å². The summed E-state index contributed by atoms with van der Waals surface area (Å²) in [4.78, 5) is 28.5. The molecular formula is C23H28N6O2. The van der Waals surface area contributed by atoms with Crippen molar-refractivity contribution in [3.05, 3.63) is 29.7 Å². The summed E-state index contributed by atoms with van der Waals surface area (Å²) in [5, 5.41) is 20.0. The van der Waals surface area contributed by atoms with Crippen molar-refractivity contribution in [3.63, 3.8) is 0 Å². The number of rotatable bonds is 4. The molecule has 3 heterocycles. The van der Waals surface area contributed by atoms with E-state index >= 15 is 0 Å². The first kappa shape index (κ1) is 21.0. The van der Waals surface area contributed by atoms with Crippen LogP contribution in [-0.2, 0) is 22.6 Å². The van der Waals surface area contributed by atoms with Gasteiger partial charge in [-0.1, -0.05) is 20.3 Å². The van der Waals surface area contributed by atoms with E-state index in [1.807, 2.05) is 4.68 Å². The molecule has 1 aliphatic heterocycles. The average Bonchev–Trinajstić information content (AvgIpc) is 3.22. The molecule has 8 heteroatoms. The molecule has 2 aromatic rings. The summed E-state index contributed by atoms with van der Waals surface area (Å²) >= 11 is 0. The summed E-state index contributed by atoms with van der Waals surface area (Å²) in [5.41, 5.74) is 3.35. The number of hydrogen-bond donors (Lipinski definition) is 2. The van der Waals surface area contributed by atoms with Crippen LogP contribution >= 0.6 is 0 Å². The quantitative estimate of drug-likeness (QED) is 0.789. The largest absolute Gasteiger partial charge is 0.354 e. The minimum Gasteiger partial charge on any atom is -0.354 e. The monoisotopic (exact) mass is 420 g/mol. The number of anilines is 1. The van der Waals surface area contributed by atoms with Crippen LogP contribution in [0, 0.1) is 22.7 Å². The second kappa shape index (κ2) is 8.14. The number of pyridine rings is 1. The van der Waals surface area contributed by atoms with Gasteiger partial charge in [0.2, 0.25) is 11.8 Å². The van der Waals surface area contributed by atoms with E-state index in [-0.39, 0.29) is 29.2 Å². The summed E-state index contributed by atoms with van der Waals surface area (Å²) < 4.78 is 2.00.